The van der Waals surface area contributed by atoms with Gasteiger partial charge in [0.2, 0.25) is 0 Å². The van der Waals surface area contributed by atoms with Crippen molar-refractivity contribution in [2.75, 3.05) is 18.2 Å². The first kappa shape index (κ1) is 14.3. The van der Waals surface area contributed by atoms with Gasteiger partial charge in [-0.3, -0.25) is 0 Å². The summed E-state index contributed by atoms with van der Waals surface area (Å²) in [4.78, 5) is 11.4. The van der Waals surface area contributed by atoms with Crippen LogP contribution in [0.1, 0.15) is 10.4 Å². The van der Waals surface area contributed by atoms with Gasteiger partial charge >= 0.3 is 5.97 Å². The van der Waals surface area contributed by atoms with Crippen molar-refractivity contribution in [2.45, 2.75) is 0 Å². The molecule has 3 N–H and O–H groups in total. The van der Waals surface area contributed by atoms with E-state index in [-0.39, 0.29) is 0 Å². The maximum Gasteiger partial charge on any atom is 0.337 e. The largest absolute Gasteiger partial charge is 0.465 e. The van der Waals surface area contributed by atoms with Gasteiger partial charge in [-0.25, -0.2) is 9.18 Å². The summed E-state index contributed by atoms with van der Waals surface area (Å²) < 4.78 is 19.0. The monoisotopic (exact) mass is 338 g/mol. The first-order chi connectivity index (χ1) is 9.51. The summed E-state index contributed by atoms with van der Waals surface area (Å²) in [6.45, 7) is 0. The summed E-state index contributed by atoms with van der Waals surface area (Å²) in [6, 6.07) is 9.29. The molecule has 0 aliphatic rings. The number of halogens is 2. The van der Waals surface area contributed by atoms with Crippen LogP contribution in [0, 0.1) is 5.82 Å². The molecule has 0 saturated heterocycles. The fraction of sp³-hybridized carbons (Fsp3) is 0.0714. The van der Waals surface area contributed by atoms with E-state index in [0.717, 1.165) is 0 Å². The van der Waals surface area contributed by atoms with Crippen molar-refractivity contribution in [3.63, 3.8) is 0 Å². The van der Waals surface area contributed by atoms with E-state index < -0.39 is 11.8 Å². The van der Waals surface area contributed by atoms with E-state index in [4.69, 9.17) is 5.73 Å². The minimum atomic E-state index is -0.474. The third-order valence-electron chi connectivity index (χ3n) is 2.67. The van der Waals surface area contributed by atoms with E-state index in [0.29, 0.717) is 27.1 Å². The third-order valence-corrected chi connectivity index (χ3v) is 3.17. The fourth-order valence-corrected chi connectivity index (χ4v) is 1.99. The van der Waals surface area contributed by atoms with Crippen LogP contribution in [0.15, 0.2) is 40.9 Å². The fourth-order valence-electron chi connectivity index (χ4n) is 1.66. The van der Waals surface area contributed by atoms with Gasteiger partial charge in [0.15, 0.2) is 0 Å². The Hall–Kier alpha value is -2.08. The number of anilines is 3. The van der Waals surface area contributed by atoms with Gasteiger partial charge in [0.1, 0.15) is 5.82 Å². The molecule has 6 heteroatoms. The van der Waals surface area contributed by atoms with Gasteiger partial charge in [-0.15, -0.1) is 0 Å². The standard InChI is InChI=1S/C14H12BrFN2O2/c1-20-14(19)8-2-4-13(11(17)6-8)18-12-5-3-9(15)7-10(12)16/h2-7,18H,17H2,1H3. The molecular formula is C14H12BrFN2O2. The van der Waals surface area contributed by atoms with Crippen molar-refractivity contribution in [2.24, 2.45) is 0 Å². The normalized spacial score (nSPS) is 10.2. The molecule has 20 heavy (non-hydrogen) atoms. The summed E-state index contributed by atoms with van der Waals surface area (Å²) >= 11 is 3.19. The second-order valence-corrected chi connectivity index (χ2v) is 4.96. The maximum atomic E-state index is 13.7. The number of methoxy groups -OCH3 is 1. The lowest BCUT2D eigenvalue weighted by Crippen LogP contribution is -2.04. The number of benzene rings is 2. The Balaban J connectivity index is 2.28. The van der Waals surface area contributed by atoms with E-state index >= 15 is 0 Å². The molecule has 104 valence electrons. The highest BCUT2D eigenvalue weighted by Crippen LogP contribution is 2.27. The van der Waals surface area contributed by atoms with Crippen LogP contribution in [0.2, 0.25) is 0 Å². The molecule has 0 radical (unpaired) electrons. The molecule has 0 heterocycles. The van der Waals surface area contributed by atoms with E-state index in [1.165, 1.54) is 19.2 Å². The highest BCUT2D eigenvalue weighted by molar-refractivity contribution is 9.10. The predicted molar refractivity (Wildman–Crippen MR) is 79.6 cm³/mol. The first-order valence-electron chi connectivity index (χ1n) is 5.71. The number of ether oxygens (including phenoxy) is 1. The van der Waals surface area contributed by atoms with Gasteiger partial charge in [0, 0.05) is 4.47 Å². The number of hydrogen-bond acceptors (Lipinski definition) is 4. The highest BCUT2D eigenvalue weighted by atomic mass is 79.9. The van der Waals surface area contributed by atoms with Gasteiger partial charge in [0.25, 0.3) is 0 Å². The van der Waals surface area contributed by atoms with E-state index in [2.05, 4.69) is 26.0 Å². The summed E-state index contributed by atoms with van der Waals surface area (Å²) in [5.41, 5.74) is 7.32. The second kappa shape index (κ2) is 5.92. The molecule has 0 unspecified atom stereocenters. The minimum absolute atomic E-state index is 0.297. The Morgan fingerprint density at radius 3 is 2.55 bits per heavy atom. The smallest absolute Gasteiger partial charge is 0.337 e. The molecule has 0 saturated carbocycles. The SMILES string of the molecule is COC(=O)c1ccc(Nc2ccc(Br)cc2F)c(N)c1. The summed E-state index contributed by atoms with van der Waals surface area (Å²) in [7, 11) is 1.29. The number of nitrogen functional groups attached to an aromatic ring is 1. The van der Waals surface area contributed by atoms with Crippen LogP contribution in [0.5, 0.6) is 0 Å². The topological polar surface area (TPSA) is 64.3 Å². The van der Waals surface area contributed by atoms with Gasteiger partial charge in [0.05, 0.1) is 29.7 Å². The summed E-state index contributed by atoms with van der Waals surface area (Å²) in [5.74, 6) is -0.881. The average molecular weight is 339 g/mol. The van der Waals surface area contributed by atoms with Crippen molar-refractivity contribution >= 4 is 39.0 Å². The lowest BCUT2D eigenvalue weighted by atomic mass is 10.1. The minimum Gasteiger partial charge on any atom is -0.465 e. The molecule has 2 aromatic carbocycles. The molecule has 0 aliphatic heterocycles. The van der Waals surface area contributed by atoms with Gasteiger partial charge in [-0.2, -0.15) is 0 Å². The lowest BCUT2D eigenvalue weighted by Gasteiger charge is -2.11. The Kier molecular flexibility index (Phi) is 4.24. The van der Waals surface area contributed by atoms with Crippen molar-refractivity contribution in [1.82, 2.24) is 0 Å². The van der Waals surface area contributed by atoms with Crippen LogP contribution in [0.3, 0.4) is 0 Å². The zero-order valence-electron chi connectivity index (χ0n) is 10.6. The number of nitrogens with two attached hydrogens (primary N) is 1. The molecule has 0 atom stereocenters. The molecule has 0 fully saturated rings. The van der Waals surface area contributed by atoms with Crippen LogP contribution >= 0.6 is 15.9 Å². The molecule has 2 rings (SSSR count). The second-order valence-electron chi connectivity index (χ2n) is 4.04. The van der Waals surface area contributed by atoms with E-state index in [1.54, 1.807) is 24.3 Å². The van der Waals surface area contributed by atoms with Gasteiger partial charge in [-0.1, -0.05) is 15.9 Å². The Morgan fingerprint density at radius 2 is 1.95 bits per heavy atom. The van der Waals surface area contributed by atoms with Crippen LogP contribution in [0.25, 0.3) is 0 Å². The van der Waals surface area contributed by atoms with Gasteiger partial charge < -0.3 is 15.8 Å². The van der Waals surface area contributed by atoms with Gasteiger partial charge in [-0.05, 0) is 36.4 Å². The zero-order chi connectivity index (χ0) is 14.7. The predicted octanol–water partition coefficient (Wildman–Crippen LogP) is 3.70. The summed E-state index contributed by atoms with van der Waals surface area (Å²) in [6.07, 6.45) is 0. The maximum absolute atomic E-state index is 13.7. The number of hydrogen-bond donors (Lipinski definition) is 2. The Labute approximate surface area is 123 Å². The molecule has 0 amide bonds. The Bertz CT molecular complexity index is 662. The first-order valence-corrected chi connectivity index (χ1v) is 6.50. The van der Waals surface area contributed by atoms with E-state index in [1.807, 2.05) is 0 Å². The van der Waals surface area contributed by atoms with Crippen molar-refractivity contribution in [3.05, 3.63) is 52.3 Å². The third kappa shape index (κ3) is 3.08. The molecule has 0 aliphatic carbocycles. The Morgan fingerprint density at radius 1 is 1.25 bits per heavy atom. The van der Waals surface area contributed by atoms with Crippen LogP contribution < -0.4 is 11.1 Å². The van der Waals surface area contributed by atoms with Crippen molar-refractivity contribution in [1.29, 1.82) is 0 Å². The summed E-state index contributed by atoms with van der Waals surface area (Å²) in [5, 5.41) is 2.88. The number of carbonyl (C=O) groups excluding carboxylic acids is 1. The van der Waals surface area contributed by atoms with E-state index in [9.17, 15) is 9.18 Å². The van der Waals surface area contributed by atoms with Crippen molar-refractivity contribution < 1.29 is 13.9 Å². The average Bonchev–Trinajstić information content (AvgIpc) is 2.42. The molecule has 0 aromatic heterocycles. The molecule has 0 bridgehead atoms. The highest BCUT2D eigenvalue weighted by Gasteiger charge is 2.09. The van der Waals surface area contributed by atoms with Crippen LogP contribution in [0.4, 0.5) is 21.5 Å². The van der Waals surface area contributed by atoms with Crippen LogP contribution in [-0.2, 0) is 4.74 Å². The molecule has 0 spiro atoms. The zero-order valence-corrected chi connectivity index (χ0v) is 12.2. The molecular weight excluding hydrogens is 327 g/mol. The number of esters is 1. The number of nitrogens with one attached hydrogen (secondary N) is 1. The van der Waals surface area contributed by atoms with Crippen LogP contribution in [-0.4, -0.2) is 13.1 Å². The number of carbonyl (C=O) groups is 1. The quantitative estimate of drug-likeness (QED) is 0.661. The lowest BCUT2D eigenvalue weighted by molar-refractivity contribution is 0.0601. The van der Waals surface area contributed by atoms with Crippen molar-refractivity contribution in [3.8, 4) is 0 Å². The molecule has 4 nitrogen and oxygen atoms in total. The number of rotatable bonds is 3. The molecule has 2 aromatic rings.